The quantitative estimate of drug-likeness (QED) is 0.588. The molecule has 1 aliphatic carbocycles. The highest BCUT2D eigenvalue weighted by Gasteiger charge is 2.47. The van der Waals surface area contributed by atoms with Crippen LogP contribution in [0.25, 0.3) is 11.1 Å². The number of anilines is 1. The highest BCUT2D eigenvalue weighted by atomic mass is 16.4. The number of likely N-dealkylation sites (tertiary alicyclic amines) is 1. The van der Waals surface area contributed by atoms with Gasteiger partial charge >= 0.3 is 5.76 Å². The number of rotatable bonds is 6. The number of likely N-dealkylation sites (N-methyl/N-ethyl adjacent to an activating group) is 1. The summed E-state index contributed by atoms with van der Waals surface area (Å²) in [6.45, 7) is 1.17. The van der Waals surface area contributed by atoms with E-state index in [1.165, 1.54) is 0 Å². The molecule has 184 valence electrons. The van der Waals surface area contributed by atoms with Crippen LogP contribution in [0.1, 0.15) is 42.5 Å². The van der Waals surface area contributed by atoms with Gasteiger partial charge in [-0.1, -0.05) is 31.0 Å². The summed E-state index contributed by atoms with van der Waals surface area (Å²) >= 11 is 0. The molecule has 2 amide bonds. The van der Waals surface area contributed by atoms with Gasteiger partial charge in [-0.2, -0.15) is 0 Å². The van der Waals surface area contributed by atoms with Crippen molar-refractivity contribution in [3.05, 3.63) is 64.6 Å². The van der Waals surface area contributed by atoms with Gasteiger partial charge in [0.25, 0.3) is 5.91 Å². The number of carbonyl (C=O) groups excluding carboxylic acids is 2. The minimum Gasteiger partial charge on any atom is -0.408 e. The summed E-state index contributed by atoms with van der Waals surface area (Å²) in [6.07, 6.45) is 4.88. The van der Waals surface area contributed by atoms with Crippen LogP contribution < -0.4 is 11.1 Å². The predicted octanol–water partition coefficient (Wildman–Crippen LogP) is 3.57. The molecule has 0 radical (unpaired) electrons. The number of nitrogens with one attached hydrogen (secondary N) is 1. The van der Waals surface area contributed by atoms with Crippen LogP contribution in [0.15, 0.2) is 57.7 Å². The lowest BCUT2D eigenvalue weighted by molar-refractivity contribution is -0.120. The number of nitrogens with zero attached hydrogens (tertiary/aromatic N) is 3. The molecule has 8 nitrogen and oxygen atoms in total. The van der Waals surface area contributed by atoms with Crippen LogP contribution in [0.5, 0.6) is 0 Å². The zero-order chi connectivity index (χ0) is 24.5. The third-order valence-electron chi connectivity index (χ3n) is 7.35. The van der Waals surface area contributed by atoms with Gasteiger partial charge in [0, 0.05) is 30.4 Å². The van der Waals surface area contributed by atoms with Crippen LogP contribution in [0, 0.1) is 5.92 Å². The zero-order valence-electron chi connectivity index (χ0n) is 20.3. The molecule has 1 aliphatic heterocycles. The monoisotopic (exact) mass is 476 g/mol. The number of aromatic nitrogens is 1. The number of carbonyl (C=O) groups is 2. The van der Waals surface area contributed by atoms with Crippen molar-refractivity contribution in [2.75, 3.05) is 26.0 Å². The lowest BCUT2D eigenvalue weighted by Crippen LogP contribution is -2.47. The van der Waals surface area contributed by atoms with Crippen LogP contribution >= 0.6 is 0 Å². The second-order valence-electron chi connectivity index (χ2n) is 9.94. The molecule has 2 aliphatic rings. The van der Waals surface area contributed by atoms with Crippen molar-refractivity contribution in [1.82, 2.24) is 14.4 Å². The molecule has 1 N–H and O–H groups in total. The molecule has 2 aromatic carbocycles. The normalized spacial score (nSPS) is 21.9. The Hall–Kier alpha value is -3.39. The van der Waals surface area contributed by atoms with E-state index in [4.69, 9.17) is 4.42 Å². The predicted molar refractivity (Wildman–Crippen MR) is 134 cm³/mol. The second-order valence-corrected chi connectivity index (χ2v) is 9.94. The molecular weight excluding hydrogens is 444 g/mol. The molecule has 2 fully saturated rings. The van der Waals surface area contributed by atoms with E-state index in [1.807, 2.05) is 54.2 Å². The van der Waals surface area contributed by atoms with Crippen molar-refractivity contribution in [2.24, 2.45) is 5.92 Å². The van der Waals surface area contributed by atoms with Crippen LogP contribution in [-0.4, -0.2) is 58.9 Å². The molecular formula is C27H32N4O4. The van der Waals surface area contributed by atoms with Gasteiger partial charge in [0.15, 0.2) is 5.58 Å². The summed E-state index contributed by atoms with van der Waals surface area (Å²) in [5.41, 5.74) is 2.33. The summed E-state index contributed by atoms with van der Waals surface area (Å²) in [6, 6.07) is 14.0. The number of fused-ring (bicyclic) bond motifs is 2. The van der Waals surface area contributed by atoms with Crippen molar-refractivity contribution in [3.63, 3.8) is 0 Å². The maximum atomic E-state index is 13.5. The van der Waals surface area contributed by atoms with Gasteiger partial charge in [-0.05, 0) is 69.6 Å². The van der Waals surface area contributed by atoms with Gasteiger partial charge in [-0.15, -0.1) is 0 Å². The van der Waals surface area contributed by atoms with E-state index in [1.54, 1.807) is 22.8 Å². The van der Waals surface area contributed by atoms with E-state index >= 15 is 0 Å². The fourth-order valence-corrected chi connectivity index (χ4v) is 5.59. The largest absolute Gasteiger partial charge is 0.419 e. The SMILES string of the molecule is CN(C)CCn1c(=O)oc2ccc(NC(=O)C3CC4CCCCC4N3C(=O)c3ccccc3)cc21. The molecule has 3 atom stereocenters. The number of benzene rings is 2. The first-order valence-corrected chi connectivity index (χ1v) is 12.4. The fourth-order valence-electron chi connectivity index (χ4n) is 5.59. The Morgan fingerprint density at radius 2 is 1.86 bits per heavy atom. The lowest BCUT2D eigenvalue weighted by Gasteiger charge is -2.33. The molecule has 1 saturated carbocycles. The Balaban J connectivity index is 1.41. The summed E-state index contributed by atoms with van der Waals surface area (Å²) in [5.74, 6) is -0.332. The molecule has 2 heterocycles. The van der Waals surface area contributed by atoms with E-state index in [0.717, 1.165) is 25.7 Å². The van der Waals surface area contributed by atoms with Crippen LogP contribution in [-0.2, 0) is 11.3 Å². The third-order valence-corrected chi connectivity index (χ3v) is 7.35. The average Bonchev–Trinajstić information content (AvgIpc) is 3.39. The lowest BCUT2D eigenvalue weighted by atomic mass is 9.84. The van der Waals surface area contributed by atoms with Crippen LogP contribution in [0.2, 0.25) is 0 Å². The van der Waals surface area contributed by atoms with Gasteiger partial charge in [-0.3, -0.25) is 14.2 Å². The minimum atomic E-state index is -0.521. The smallest absolute Gasteiger partial charge is 0.408 e. The number of amides is 2. The molecule has 0 bridgehead atoms. The van der Waals surface area contributed by atoms with Crippen LogP contribution in [0.4, 0.5) is 5.69 Å². The fraction of sp³-hybridized carbons (Fsp3) is 0.444. The minimum absolute atomic E-state index is 0.0806. The van der Waals surface area contributed by atoms with Crippen molar-refractivity contribution in [1.29, 1.82) is 0 Å². The molecule has 3 unspecified atom stereocenters. The van der Waals surface area contributed by atoms with Crippen molar-refractivity contribution in [2.45, 2.75) is 50.7 Å². The standard InChI is InChI=1S/C27H32N4O4/c1-29(2)14-15-30-22-17-20(12-13-24(22)35-27(30)34)28-25(32)23-16-19-10-6-7-11-21(19)31(23)26(33)18-8-4-3-5-9-18/h3-5,8-9,12-13,17,19,21,23H,6-7,10-11,14-16H2,1-2H3,(H,28,32). The maximum absolute atomic E-state index is 13.5. The van der Waals surface area contributed by atoms with Crippen molar-refractivity contribution in [3.8, 4) is 0 Å². The Bertz CT molecular complexity index is 1280. The Morgan fingerprint density at radius 1 is 1.09 bits per heavy atom. The van der Waals surface area contributed by atoms with E-state index in [9.17, 15) is 14.4 Å². The number of oxazole rings is 1. The third kappa shape index (κ3) is 4.62. The highest BCUT2D eigenvalue weighted by Crippen LogP contribution is 2.41. The molecule has 8 heteroatoms. The Morgan fingerprint density at radius 3 is 2.63 bits per heavy atom. The first kappa shape index (κ1) is 23.4. The highest BCUT2D eigenvalue weighted by molar-refractivity contribution is 6.02. The van der Waals surface area contributed by atoms with Gasteiger partial charge in [0.1, 0.15) is 6.04 Å². The second kappa shape index (κ2) is 9.70. The van der Waals surface area contributed by atoms with Crippen molar-refractivity contribution >= 4 is 28.6 Å². The topological polar surface area (TPSA) is 87.8 Å². The number of hydrogen-bond donors (Lipinski definition) is 1. The molecule has 3 aromatic rings. The zero-order valence-corrected chi connectivity index (χ0v) is 20.3. The molecule has 5 rings (SSSR count). The van der Waals surface area contributed by atoms with Crippen LogP contribution in [0.3, 0.4) is 0 Å². The molecule has 1 saturated heterocycles. The summed E-state index contributed by atoms with van der Waals surface area (Å²) in [4.78, 5) is 43.2. The van der Waals surface area contributed by atoms with E-state index < -0.39 is 11.8 Å². The summed E-state index contributed by atoms with van der Waals surface area (Å²) < 4.78 is 6.96. The first-order chi connectivity index (χ1) is 16.9. The number of hydrogen-bond acceptors (Lipinski definition) is 5. The first-order valence-electron chi connectivity index (χ1n) is 12.4. The average molecular weight is 477 g/mol. The van der Waals surface area contributed by atoms with Gasteiger partial charge in [0.05, 0.1) is 5.52 Å². The molecule has 35 heavy (non-hydrogen) atoms. The van der Waals surface area contributed by atoms with E-state index in [2.05, 4.69) is 5.32 Å². The van der Waals surface area contributed by atoms with Gasteiger partial charge in [0.2, 0.25) is 5.91 Å². The molecule has 1 aromatic heterocycles. The summed E-state index contributed by atoms with van der Waals surface area (Å²) in [7, 11) is 3.89. The van der Waals surface area contributed by atoms with E-state index in [0.29, 0.717) is 47.8 Å². The van der Waals surface area contributed by atoms with E-state index in [-0.39, 0.29) is 17.9 Å². The Labute approximate surface area is 204 Å². The van der Waals surface area contributed by atoms with Crippen molar-refractivity contribution < 1.29 is 14.0 Å². The van der Waals surface area contributed by atoms with Gasteiger partial charge < -0.3 is 19.5 Å². The van der Waals surface area contributed by atoms with Gasteiger partial charge in [-0.25, -0.2) is 4.79 Å². The Kier molecular flexibility index (Phi) is 6.47. The maximum Gasteiger partial charge on any atom is 0.419 e. The summed E-state index contributed by atoms with van der Waals surface area (Å²) in [5, 5.41) is 3.02. The molecule has 0 spiro atoms.